The molecule has 66 heavy (non-hydrogen) atoms. The number of benzene rings is 6. The Hall–Kier alpha value is -5.46. The van der Waals surface area contributed by atoms with Gasteiger partial charge in [0.15, 0.2) is 23.0 Å². The molecule has 6 aromatic carbocycles. The Morgan fingerprint density at radius 3 is 1.65 bits per heavy atom. The molecule has 338 valence electrons. The van der Waals surface area contributed by atoms with E-state index in [1.165, 1.54) is 44.4 Å². The highest BCUT2D eigenvalue weighted by atomic mass is 79.9. The number of rotatable bonds is 15. The Morgan fingerprint density at radius 2 is 1.09 bits per heavy atom. The van der Waals surface area contributed by atoms with Crippen LogP contribution in [0, 0.1) is 23.7 Å². The first-order valence-corrected chi connectivity index (χ1v) is 25.2. The van der Waals surface area contributed by atoms with Crippen LogP contribution in [0.1, 0.15) is 119 Å². The zero-order valence-electron chi connectivity index (χ0n) is 40.0. The van der Waals surface area contributed by atoms with Gasteiger partial charge in [-0.05, 0) is 139 Å². The smallest absolute Gasteiger partial charge is 0.162 e. The summed E-state index contributed by atoms with van der Waals surface area (Å²) in [4.78, 5) is 0. The highest BCUT2D eigenvalue weighted by molar-refractivity contribution is 9.10. The molecule has 0 N–H and O–H groups in total. The fourth-order valence-corrected chi connectivity index (χ4v) is 10.2. The summed E-state index contributed by atoms with van der Waals surface area (Å²) >= 11 is 3.61. The molecular formula is C60H64BBrO4. The Labute approximate surface area is 403 Å². The van der Waals surface area contributed by atoms with Crippen molar-refractivity contribution in [2.24, 2.45) is 23.7 Å². The van der Waals surface area contributed by atoms with Gasteiger partial charge in [-0.3, -0.25) is 0 Å². The van der Waals surface area contributed by atoms with Crippen molar-refractivity contribution < 1.29 is 18.9 Å². The van der Waals surface area contributed by atoms with E-state index in [2.05, 4.69) is 206 Å². The standard InChI is InChI=1S/C60H64BBrO4/c1-8-37(5)34-63-55-30-49-50-31-58-57(65-36-44(11-4)59(66-58)39(7)10-3)33-54(50)60(53(49)32-56(55)64-35-38(6)9-2)51-28-42(14-12-40-16-22-45(61)23-17-40)20-26-47(51)48-27-21-43(29-52(48)60)15-13-41-18-24-46(62)25-19-41/h12-33,37-39,44,59H,8-11,34-36,61H2,1-7H3/b14-12+,15-13+. The third-order valence-corrected chi connectivity index (χ3v) is 15.2. The van der Waals surface area contributed by atoms with Crippen molar-refractivity contribution in [2.75, 3.05) is 19.8 Å². The van der Waals surface area contributed by atoms with Crippen LogP contribution in [-0.2, 0) is 5.41 Å². The summed E-state index contributed by atoms with van der Waals surface area (Å²) in [5, 5.41) is 0. The SMILES string of the molecule is Bc1ccc(/C=C/c2ccc3c(c2)C2(c4cc(/C=C/c5ccc(Br)cc5)ccc4-3)c3cc(OCC(C)CC)c(OCC(C)CC)cc3-c3cc4c(cc32)OCC(CC)C(C(C)CC)O4)cc1. The molecule has 4 nitrogen and oxygen atoms in total. The van der Waals surface area contributed by atoms with E-state index in [0.717, 1.165) is 81.0 Å². The summed E-state index contributed by atoms with van der Waals surface area (Å²) in [5.41, 5.74) is 14.7. The van der Waals surface area contributed by atoms with Crippen LogP contribution >= 0.6 is 15.9 Å². The minimum absolute atomic E-state index is 0.0516. The van der Waals surface area contributed by atoms with Crippen molar-refractivity contribution in [1.29, 1.82) is 0 Å². The first-order chi connectivity index (χ1) is 32.0. The average Bonchev–Trinajstić information content (AvgIpc) is 3.69. The molecule has 1 heterocycles. The summed E-state index contributed by atoms with van der Waals surface area (Å²) in [6, 6.07) is 40.5. The van der Waals surface area contributed by atoms with E-state index in [1.54, 1.807) is 0 Å². The van der Waals surface area contributed by atoms with E-state index in [-0.39, 0.29) is 12.0 Å². The van der Waals surface area contributed by atoms with Gasteiger partial charge in [0.2, 0.25) is 0 Å². The molecule has 1 aliphatic heterocycles. The minimum atomic E-state index is -0.709. The molecule has 0 aromatic heterocycles. The van der Waals surface area contributed by atoms with Crippen LogP contribution in [0.4, 0.5) is 0 Å². The molecule has 0 saturated carbocycles. The molecule has 9 rings (SSSR count). The van der Waals surface area contributed by atoms with E-state index in [4.69, 9.17) is 18.9 Å². The normalized spacial score (nSPS) is 19.3. The Bertz CT molecular complexity index is 2670. The van der Waals surface area contributed by atoms with Crippen LogP contribution in [0.15, 0.2) is 114 Å². The van der Waals surface area contributed by atoms with Crippen LogP contribution in [-0.4, -0.2) is 33.8 Å². The van der Waals surface area contributed by atoms with Gasteiger partial charge in [0.05, 0.1) is 25.2 Å². The second-order valence-corrected chi connectivity index (χ2v) is 20.2. The summed E-state index contributed by atoms with van der Waals surface area (Å²) < 4.78 is 28.9. The highest BCUT2D eigenvalue weighted by Crippen LogP contribution is 2.65. The van der Waals surface area contributed by atoms with Crippen LogP contribution in [0.25, 0.3) is 46.6 Å². The van der Waals surface area contributed by atoms with E-state index in [0.29, 0.717) is 37.6 Å². The molecular weight excluding hydrogens is 875 g/mol. The third-order valence-electron chi connectivity index (χ3n) is 14.7. The molecule has 0 saturated heterocycles. The van der Waals surface area contributed by atoms with Crippen LogP contribution < -0.4 is 24.4 Å². The van der Waals surface area contributed by atoms with Gasteiger partial charge in [-0.2, -0.15) is 0 Å². The van der Waals surface area contributed by atoms with Gasteiger partial charge in [0.1, 0.15) is 14.0 Å². The van der Waals surface area contributed by atoms with E-state index < -0.39 is 5.41 Å². The van der Waals surface area contributed by atoms with E-state index >= 15 is 0 Å². The topological polar surface area (TPSA) is 36.9 Å². The lowest BCUT2D eigenvalue weighted by atomic mass is 9.70. The van der Waals surface area contributed by atoms with Crippen molar-refractivity contribution in [2.45, 2.75) is 85.7 Å². The summed E-state index contributed by atoms with van der Waals surface area (Å²) in [6.45, 7) is 17.6. The second kappa shape index (κ2) is 19.4. The fourth-order valence-electron chi connectivity index (χ4n) is 9.94. The molecule has 6 unspecified atom stereocenters. The molecule has 0 amide bonds. The lowest BCUT2D eigenvalue weighted by Crippen LogP contribution is -2.34. The monoisotopic (exact) mass is 938 g/mol. The fraction of sp³-hybridized carbons (Fsp3) is 0.333. The second-order valence-electron chi connectivity index (χ2n) is 19.3. The number of hydrogen-bond donors (Lipinski definition) is 0. The molecule has 2 aliphatic carbocycles. The summed E-state index contributed by atoms with van der Waals surface area (Å²) in [7, 11) is 2.13. The first kappa shape index (κ1) is 45.7. The predicted molar refractivity (Wildman–Crippen MR) is 282 cm³/mol. The van der Waals surface area contributed by atoms with Crippen LogP contribution in [0.5, 0.6) is 23.0 Å². The van der Waals surface area contributed by atoms with Crippen molar-refractivity contribution in [1.82, 2.24) is 0 Å². The van der Waals surface area contributed by atoms with Crippen molar-refractivity contribution in [3.05, 3.63) is 158 Å². The molecule has 6 heteroatoms. The molecule has 0 fully saturated rings. The Kier molecular flexibility index (Phi) is 13.4. The van der Waals surface area contributed by atoms with Gasteiger partial charge in [0.25, 0.3) is 0 Å². The summed E-state index contributed by atoms with van der Waals surface area (Å²) in [6.07, 6.45) is 13.1. The molecule has 6 aromatic rings. The van der Waals surface area contributed by atoms with Gasteiger partial charge in [-0.1, -0.05) is 174 Å². The van der Waals surface area contributed by atoms with Gasteiger partial charge in [-0.25, -0.2) is 0 Å². The Balaban J connectivity index is 1.32. The maximum Gasteiger partial charge on any atom is 0.162 e. The lowest BCUT2D eigenvalue weighted by Gasteiger charge is -2.32. The van der Waals surface area contributed by atoms with Crippen molar-refractivity contribution >= 4 is 53.5 Å². The quantitative estimate of drug-likeness (QED) is 0.0758. The van der Waals surface area contributed by atoms with Gasteiger partial charge in [0, 0.05) is 10.4 Å². The van der Waals surface area contributed by atoms with Crippen LogP contribution in [0.2, 0.25) is 0 Å². The average molecular weight is 940 g/mol. The number of halogens is 1. The molecule has 0 bridgehead atoms. The first-order valence-electron chi connectivity index (χ1n) is 24.4. The predicted octanol–water partition coefficient (Wildman–Crippen LogP) is 14.5. The maximum atomic E-state index is 7.17. The highest BCUT2D eigenvalue weighted by Gasteiger charge is 2.53. The number of ether oxygens (including phenoxy) is 4. The lowest BCUT2D eigenvalue weighted by molar-refractivity contribution is 0.0714. The Morgan fingerprint density at radius 1 is 0.591 bits per heavy atom. The van der Waals surface area contributed by atoms with E-state index in [9.17, 15) is 0 Å². The van der Waals surface area contributed by atoms with Crippen molar-refractivity contribution in [3.8, 4) is 45.3 Å². The number of hydrogen-bond acceptors (Lipinski definition) is 4. The van der Waals surface area contributed by atoms with Gasteiger partial charge in [-0.15, -0.1) is 0 Å². The third kappa shape index (κ3) is 8.67. The minimum Gasteiger partial charge on any atom is -0.489 e. The summed E-state index contributed by atoms with van der Waals surface area (Å²) in [5.74, 6) is 4.65. The molecule has 0 radical (unpaired) electrons. The largest absolute Gasteiger partial charge is 0.489 e. The van der Waals surface area contributed by atoms with Crippen LogP contribution in [0.3, 0.4) is 0 Å². The van der Waals surface area contributed by atoms with E-state index in [1.807, 2.05) is 0 Å². The zero-order valence-corrected chi connectivity index (χ0v) is 41.6. The van der Waals surface area contributed by atoms with Crippen molar-refractivity contribution in [3.63, 3.8) is 0 Å². The zero-order chi connectivity index (χ0) is 46.1. The maximum absolute atomic E-state index is 7.17. The molecule has 3 aliphatic rings. The van der Waals surface area contributed by atoms with Gasteiger partial charge >= 0.3 is 0 Å². The number of fused-ring (bicyclic) bond motifs is 11. The van der Waals surface area contributed by atoms with Gasteiger partial charge < -0.3 is 18.9 Å². The molecule has 1 spiro atoms. The molecule has 6 atom stereocenters.